The zero-order chi connectivity index (χ0) is 12.8. The van der Waals surface area contributed by atoms with Gasteiger partial charge in [0.2, 0.25) is 0 Å². The molecule has 0 aliphatic heterocycles. The Balaban J connectivity index is 0. The van der Waals surface area contributed by atoms with Crippen molar-refractivity contribution in [2.75, 3.05) is 6.54 Å². The molecular weight excluding hydrogens is 242 g/mol. The van der Waals surface area contributed by atoms with Gasteiger partial charge < -0.3 is 5.32 Å². The monoisotopic (exact) mass is 277 g/mol. The van der Waals surface area contributed by atoms with Gasteiger partial charge in [-0.05, 0) is 19.9 Å². The van der Waals surface area contributed by atoms with E-state index in [9.17, 15) is 0 Å². The minimum Gasteiger partial charge on any atom is -0.315 e. The van der Waals surface area contributed by atoms with Crippen LogP contribution in [0.2, 0.25) is 0 Å². The highest BCUT2D eigenvalue weighted by Gasteiger charge is 1.98. The Hall–Kier alpha value is 0.250. The summed E-state index contributed by atoms with van der Waals surface area (Å²) in [5.74, 6) is 0. The summed E-state index contributed by atoms with van der Waals surface area (Å²) in [5, 5.41) is 3.48. The van der Waals surface area contributed by atoms with Crippen molar-refractivity contribution >= 4 is 12.4 Å². The first kappa shape index (κ1) is 20.6. The third kappa shape index (κ3) is 16.2. The van der Waals surface area contributed by atoms with Crippen LogP contribution in [-0.2, 0) is 0 Å². The number of rotatable bonds is 13. The van der Waals surface area contributed by atoms with E-state index >= 15 is 0 Å². The summed E-state index contributed by atoms with van der Waals surface area (Å²) in [4.78, 5) is 0. The summed E-state index contributed by atoms with van der Waals surface area (Å²) >= 11 is 0. The molecule has 0 heterocycles. The fourth-order valence-electron chi connectivity index (χ4n) is 2.39. The molecule has 1 unspecified atom stereocenters. The maximum Gasteiger partial charge on any atom is 0.00386 e. The molecule has 0 fully saturated rings. The standard InChI is InChI=1S/C16H35N.ClH/c1-4-6-7-8-9-10-11-12-13-14-15-16(3)17-5-2;/h16-17H,4-15H2,1-3H3;1H. The highest BCUT2D eigenvalue weighted by Crippen LogP contribution is 2.11. The van der Waals surface area contributed by atoms with Gasteiger partial charge in [0.1, 0.15) is 0 Å². The van der Waals surface area contributed by atoms with Crippen LogP contribution in [0.3, 0.4) is 0 Å². The summed E-state index contributed by atoms with van der Waals surface area (Å²) in [5.41, 5.74) is 0. The average Bonchev–Trinajstić information content (AvgIpc) is 2.32. The number of hydrogen-bond donors (Lipinski definition) is 1. The molecule has 1 N–H and O–H groups in total. The van der Waals surface area contributed by atoms with Crippen LogP contribution in [-0.4, -0.2) is 12.6 Å². The Labute approximate surface area is 122 Å². The van der Waals surface area contributed by atoms with E-state index in [2.05, 4.69) is 26.1 Å². The van der Waals surface area contributed by atoms with Gasteiger partial charge in [0.15, 0.2) is 0 Å². The van der Waals surface area contributed by atoms with Gasteiger partial charge in [0.25, 0.3) is 0 Å². The molecule has 0 aromatic heterocycles. The van der Waals surface area contributed by atoms with Crippen molar-refractivity contribution in [3.05, 3.63) is 0 Å². The summed E-state index contributed by atoms with van der Waals surface area (Å²) in [6.07, 6.45) is 15.8. The molecule has 0 aromatic carbocycles. The second-order valence-electron chi connectivity index (χ2n) is 5.43. The molecule has 112 valence electrons. The normalized spacial score (nSPS) is 12.2. The van der Waals surface area contributed by atoms with Crippen molar-refractivity contribution in [3.63, 3.8) is 0 Å². The van der Waals surface area contributed by atoms with Crippen molar-refractivity contribution in [2.24, 2.45) is 0 Å². The summed E-state index contributed by atoms with van der Waals surface area (Å²) < 4.78 is 0. The van der Waals surface area contributed by atoms with Crippen molar-refractivity contribution in [1.82, 2.24) is 5.32 Å². The van der Waals surface area contributed by atoms with E-state index in [1.54, 1.807) is 0 Å². The van der Waals surface area contributed by atoms with Gasteiger partial charge in [-0.2, -0.15) is 0 Å². The van der Waals surface area contributed by atoms with Crippen LogP contribution >= 0.6 is 12.4 Å². The molecule has 0 radical (unpaired) electrons. The third-order valence-electron chi connectivity index (χ3n) is 3.54. The van der Waals surface area contributed by atoms with Crippen LogP contribution in [0.4, 0.5) is 0 Å². The van der Waals surface area contributed by atoms with Crippen LogP contribution < -0.4 is 5.32 Å². The van der Waals surface area contributed by atoms with E-state index in [-0.39, 0.29) is 12.4 Å². The van der Waals surface area contributed by atoms with Gasteiger partial charge >= 0.3 is 0 Å². The first-order valence-electron chi connectivity index (χ1n) is 8.04. The molecule has 1 nitrogen and oxygen atoms in total. The molecule has 0 aliphatic carbocycles. The van der Waals surface area contributed by atoms with Crippen molar-refractivity contribution in [3.8, 4) is 0 Å². The van der Waals surface area contributed by atoms with Gasteiger partial charge in [0.05, 0.1) is 0 Å². The van der Waals surface area contributed by atoms with Crippen LogP contribution in [0.1, 0.15) is 91.4 Å². The van der Waals surface area contributed by atoms with Gasteiger partial charge in [-0.25, -0.2) is 0 Å². The predicted octanol–water partition coefficient (Wildman–Crippen LogP) is 5.72. The molecule has 0 aromatic rings. The minimum atomic E-state index is 0. The zero-order valence-electron chi connectivity index (χ0n) is 13.0. The molecule has 0 amide bonds. The lowest BCUT2D eigenvalue weighted by Crippen LogP contribution is -2.25. The smallest absolute Gasteiger partial charge is 0.00386 e. The molecule has 0 bridgehead atoms. The van der Waals surface area contributed by atoms with E-state index < -0.39 is 0 Å². The first-order valence-corrected chi connectivity index (χ1v) is 8.04. The van der Waals surface area contributed by atoms with E-state index in [0.717, 1.165) is 6.54 Å². The molecule has 0 spiro atoms. The van der Waals surface area contributed by atoms with Crippen LogP contribution in [0.15, 0.2) is 0 Å². The van der Waals surface area contributed by atoms with Crippen LogP contribution in [0.5, 0.6) is 0 Å². The Bertz CT molecular complexity index is 139. The number of unbranched alkanes of at least 4 members (excludes halogenated alkanes) is 9. The highest BCUT2D eigenvalue weighted by molar-refractivity contribution is 5.85. The summed E-state index contributed by atoms with van der Waals surface area (Å²) in [7, 11) is 0. The molecule has 0 rings (SSSR count). The lowest BCUT2D eigenvalue weighted by molar-refractivity contribution is 0.485. The van der Waals surface area contributed by atoms with Crippen LogP contribution in [0, 0.1) is 0 Å². The van der Waals surface area contributed by atoms with Gasteiger partial charge in [0, 0.05) is 6.04 Å². The summed E-state index contributed by atoms with van der Waals surface area (Å²) in [6, 6.07) is 0.717. The first-order chi connectivity index (χ1) is 8.31. The lowest BCUT2D eigenvalue weighted by Gasteiger charge is -2.11. The van der Waals surface area contributed by atoms with E-state index in [1.165, 1.54) is 70.6 Å². The Kier molecular flexibility index (Phi) is 19.7. The van der Waals surface area contributed by atoms with E-state index in [4.69, 9.17) is 0 Å². The molecule has 18 heavy (non-hydrogen) atoms. The SMILES string of the molecule is CCCCCCCCCCCCC(C)NCC.Cl. The molecule has 0 aliphatic rings. The maximum absolute atomic E-state index is 3.48. The quantitative estimate of drug-likeness (QED) is 0.425. The van der Waals surface area contributed by atoms with Crippen molar-refractivity contribution in [1.29, 1.82) is 0 Å². The topological polar surface area (TPSA) is 12.0 Å². The zero-order valence-corrected chi connectivity index (χ0v) is 13.8. The lowest BCUT2D eigenvalue weighted by atomic mass is 10.0. The van der Waals surface area contributed by atoms with E-state index in [1.807, 2.05) is 0 Å². The largest absolute Gasteiger partial charge is 0.315 e. The Morgan fingerprint density at radius 2 is 1.17 bits per heavy atom. The second kappa shape index (κ2) is 17.2. The third-order valence-corrected chi connectivity index (χ3v) is 3.54. The molecule has 0 saturated heterocycles. The highest BCUT2D eigenvalue weighted by atomic mass is 35.5. The molecular formula is C16H36ClN. The fraction of sp³-hybridized carbons (Fsp3) is 1.00. The summed E-state index contributed by atoms with van der Waals surface area (Å²) in [6.45, 7) is 7.89. The average molecular weight is 278 g/mol. The van der Waals surface area contributed by atoms with Gasteiger partial charge in [-0.1, -0.05) is 78.1 Å². The number of hydrogen-bond acceptors (Lipinski definition) is 1. The van der Waals surface area contributed by atoms with Gasteiger partial charge in [-0.3, -0.25) is 0 Å². The molecule has 0 saturated carbocycles. The van der Waals surface area contributed by atoms with Crippen LogP contribution in [0.25, 0.3) is 0 Å². The number of halogens is 1. The predicted molar refractivity (Wildman–Crippen MR) is 86.8 cm³/mol. The number of nitrogens with one attached hydrogen (secondary N) is 1. The van der Waals surface area contributed by atoms with Crippen molar-refractivity contribution < 1.29 is 0 Å². The fourth-order valence-corrected chi connectivity index (χ4v) is 2.39. The molecule has 2 heteroatoms. The van der Waals surface area contributed by atoms with E-state index in [0.29, 0.717) is 6.04 Å². The Morgan fingerprint density at radius 1 is 0.722 bits per heavy atom. The van der Waals surface area contributed by atoms with Gasteiger partial charge in [-0.15, -0.1) is 12.4 Å². The maximum atomic E-state index is 3.48. The van der Waals surface area contributed by atoms with Crippen molar-refractivity contribution in [2.45, 2.75) is 97.4 Å². The molecule has 1 atom stereocenters. The second-order valence-corrected chi connectivity index (χ2v) is 5.43. The minimum absolute atomic E-state index is 0. The Morgan fingerprint density at radius 3 is 1.61 bits per heavy atom.